The standard InChI is InChI=1S/C13H13N3O/c14-13-11(7-4-8-15-13)12(17)9-16-10-5-2-1-3-6-10/h1-8,16H,9H2,(H2,14,15). The molecule has 1 aromatic heterocycles. The Morgan fingerprint density at radius 1 is 1.18 bits per heavy atom. The topological polar surface area (TPSA) is 68.0 Å². The van der Waals surface area contributed by atoms with Crippen LogP contribution in [0, 0.1) is 0 Å². The first-order valence-corrected chi connectivity index (χ1v) is 5.30. The highest BCUT2D eigenvalue weighted by Gasteiger charge is 2.09. The SMILES string of the molecule is Nc1ncccc1C(=O)CNc1ccccc1. The van der Waals surface area contributed by atoms with Gasteiger partial charge in [0.25, 0.3) is 0 Å². The second-order valence-electron chi connectivity index (χ2n) is 3.58. The highest BCUT2D eigenvalue weighted by Crippen LogP contribution is 2.09. The fourth-order valence-electron chi connectivity index (χ4n) is 1.49. The molecular formula is C13H13N3O. The van der Waals surface area contributed by atoms with Crippen LogP contribution in [-0.2, 0) is 0 Å². The van der Waals surface area contributed by atoms with Gasteiger partial charge in [0, 0.05) is 11.9 Å². The number of hydrogen-bond acceptors (Lipinski definition) is 4. The van der Waals surface area contributed by atoms with Gasteiger partial charge in [0.05, 0.1) is 12.1 Å². The molecular weight excluding hydrogens is 214 g/mol. The molecule has 0 aliphatic carbocycles. The van der Waals surface area contributed by atoms with E-state index < -0.39 is 0 Å². The molecule has 0 bridgehead atoms. The summed E-state index contributed by atoms with van der Waals surface area (Å²) in [6, 6.07) is 12.9. The number of para-hydroxylation sites is 1. The van der Waals surface area contributed by atoms with E-state index in [0.717, 1.165) is 5.69 Å². The zero-order valence-corrected chi connectivity index (χ0v) is 9.26. The van der Waals surface area contributed by atoms with Crippen molar-refractivity contribution in [3.63, 3.8) is 0 Å². The fourth-order valence-corrected chi connectivity index (χ4v) is 1.49. The van der Waals surface area contributed by atoms with E-state index in [2.05, 4.69) is 10.3 Å². The van der Waals surface area contributed by atoms with Crippen LogP contribution in [0.1, 0.15) is 10.4 Å². The van der Waals surface area contributed by atoms with Crippen molar-refractivity contribution in [1.29, 1.82) is 0 Å². The summed E-state index contributed by atoms with van der Waals surface area (Å²) in [7, 11) is 0. The van der Waals surface area contributed by atoms with Crippen molar-refractivity contribution in [2.75, 3.05) is 17.6 Å². The van der Waals surface area contributed by atoms with E-state index in [9.17, 15) is 4.79 Å². The monoisotopic (exact) mass is 227 g/mol. The van der Waals surface area contributed by atoms with Gasteiger partial charge in [-0.15, -0.1) is 0 Å². The maximum Gasteiger partial charge on any atom is 0.185 e. The highest BCUT2D eigenvalue weighted by molar-refractivity contribution is 6.02. The molecule has 0 spiro atoms. The minimum absolute atomic E-state index is 0.0700. The molecule has 3 N–H and O–H groups in total. The number of benzene rings is 1. The van der Waals surface area contributed by atoms with Crippen LogP contribution in [0.2, 0.25) is 0 Å². The molecule has 2 rings (SSSR count). The van der Waals surface area contributed by atoms with Crippen molar-refractivity contribution in [2.24, 2.45) is 0 Å². The summed E-state index contributed by atoms with van der Waals surface area (Å²) in [4.78, 5) is 15.7. The molecule has 0 amide bonds. The van der Waals surface area contributed by atoms with Crippen LogP contribution in [0.5, 0.6) is 0 Å². The van der Waals surface area contributed by atoms with Crippen molar-refractivity contribution < 1.29 is 4.79 Å². The smallest absolute Gasteiger partial charge is 0.185 e. The first-order chi connectivity index (χ1) is 8.27. The second kappa shape index (κ2) is 5.12. The molecule has 0 fully saturated rings. The van der Waals surface area contributed by atoms with Crippen molar-refractivity contribution in [2.45, 2.75) is 0 Å². The fraction of sp³-hybridized carbons (Fsp3) is 0.0769. The van der Waals surface area contributed by atoms with Crippen molar-refractivity contribution in [3.05, 3.63) is 54.2 Å². The van der Waals surface area contributed by atoms with E-state index in [0.29, 0.717) is 5.56 Å². The van der Waals surface area contributed by atoms with Gasteiger partial charge in [-0.3, -0.25) is 4.79 Å². The van der Waals surface area contributed by atoms with Crippen LogP contribution < -0.4 is 11.1 Å². The van der Waals surface area contributed by atoms with Crippen LogP contribution in [0.15, 0.2) is 48.7 Å². The number of nitrogens with two attached hydrogens (primary N) is 1. The lowest BCUT2D eigenvalue weighted by Gasteiger charge is -2.06. The number of carbonyl (C=O) groups excluding carboxylic acids is 1. The van der Waals surface area contributed by atoms with Crippen LogP contribution in [-0.4, -0.2) is 17.3 Å². The summed E-state index contributed by atoms with van der Waals surface area (Å²) in [6.07, 6.45) is 1.57. The number of nitrogens with zero attached hydrogens (tertiary/aromatic N) is 1. The first-order valence-electron chi connectivity index (χ1n) is 5.30. The van der Waals surface area contributed by atoms with Gasteiger partial charge < -0.3 is 11.1 Å². The number of pyridine rings is 1. The van der Waals surface area contributed by atoms with Gasteiger partial charge in [-0.2, -0.15) is 0 Å². The molecule has 1 heterocycles. The largest absolute Gasteiger partial charge is 0.383 e. The number of ketones is 1. The quantitative estimate of drug-likeness (QED) is 0.783. The normalized spacial score (nSPS) is 9.88. The maximum absolute atomic E-state index is 11.9. The third kappa shape index (κ3) is 2.81. The Kier molecular flexibility index (Phi) is 3.35. The lowest BCUT2D eigenvalue weighted by Crippen LogP contribution is -2.15. The van der Waals surface area contributed by atoms with Gasteiger partial charge in [-0.25, -0.2) is 4.98 Å². The third-order valence-corrected chi connectivity index (χ3v) is 2.37. The summed E-state index contributed by atoms with van der Waals surface area (Å²) in [5.74, 6) is 0.201. The predicted octanol–water partition coefficient (Wildman–Crippen LogP) is 1.96. The number of aromatic nitrogens is 1. The minimum atomic E-state index is -0.0700. The van der Waals surface area contributed by atoms with Crippen LogP contribution in [0.3, 0.4) is 0 Å². The molecule has 0 saturated carbocycles. The number of rotatable bonds is 4. The maximum atomic E-state index is 11.9. The van der Waals surface area contributed by atoms with Crippen molar-refractivity contribution in [1.82, 2.24) is 4.98 Å². The Morgan fingerprint density at radius 3 is 2.65 bits per heavy atom. The zero-order valence-electron chi connectivity index (χ0n) is 9.26. The lowest BCUT2D eigenvalue weighted by atomic mass is 10.1. The summed E-state index contributed by atoms with van der Waals surface area (Å²) >= 11 is 0. The van der Waals surface area contributed by atoms with Gasteiger partial charge in [0.1, 0.15) is 5.82 Å². The summed E-state index contributed by atoms with van der Waals surface area (Å²) in [5, 5.41) is 3.04. The van der Waals surface area contributed by atoms with E-state index in [-0.39, 0.29) is 18.1 Å². The minimum Gasteiger partial charge on any atom is -0.383 e. The molecule has 0 atom stereocenters. The average Bonchev–Trinajstić information content (AvgIpc) is 2.38. The van der Waals surface area contributed by atoms with Gasteiger partial charge in [-0.1, -0.05) is 18.2 Å². The van der Waals surface area contributed by atoms with Gasteiger partial charge in [0.15, 0.2) is 5.78 Å². The Labute approximate surface area is 99.5 Å². The molecule has 0 aliphatic heterocycles. The van der Waals surface area contributed by atoms with E-state index >= 15 is 0 Å². The number of hydrogen-bond donors (Lipinski definition) is 2. The van der Waals surface area contributed by atoms with Crippen molar-refractivity contribution in [3.8, 4) is 0 Å². The number of Topliss-reactive ketones (excluding diaryl/α,β-unsaturated/α-hetero) is 1. The predicted molar refractivity (Wildman–Crippen MR) is 67.9 cm³/mol. The summed E-state index contributed by atoms with van der Waals surface area (Å²) in [5.41, 5.74) is 6.99. The van der Waals surface area contributed by atoms with Gasteiger partial charge in [-0.05, 0) is 24.3 Å². The first kappa shape index (κ1) is 11.1. The Morgan fingerprint density at radius 2 is 1.94 bits per heavy atom. The number of anilines is 2. The Bertz CT molecular complexity index is 511. The zero-order chi connectivity index (χ0) is 12.1. The summed E-state index contributed by atoms with van der Waals surface area (Å²) < 4.78 is 0. The number of nitrogens with one attached hydrogen (secondary N) is 1. The summed E-state index contributed by atoms with van der Waals surface area (Å²) in [6.45, 7) is 0.208. The molecule has 1 aromatic carbocycles. The lowest BCUT2D eigenvalue weighted by molar-refractivity contribution is 0.101. The van der Waals surface area contributed by atoms with Gasteiger partial charge in [0.2, 0.25) is 0 Å². The molecule has 0 aliphatic rings. The number of nitrogen functional groups attached to an aromatic ring is 1. The number of carbonyl (C=O) groups is 1. The van der Waals surface area contributed by atoms with Crippen LogP contribution in [0.4, 0.5) is 11.5 Å². The second-order valence-corrected chi connectivity index (χ2v) is 3.58. The molecule has 0 saturated heterocycles. The van der Waals surface area contributed by atoms with E-state index in [4.69, 9.17) is 5.73 Å². The Balaban J connectivity index is 2.01. The molecule has 0 unspecified atom stereocenters. The van der Waals surface area contributed by atoms with E-state index in [1.54, 1.807) is 18.3 Å². The van der Waals surface area contributed by atoms with E-state index in [1.165, 1.54) is 0 Å². The molecule has 4 nitrogen and oxygen atoms in total. The Hall–Kier alpha value is -2.36. The highest BCUT2D eigenvalue weighted by atomic mass is 16.1. The molecule has 0 radical (unpaired) electrons. The van der Waals surface area contributed by atoms with Crippen LogP contribution >= 0.6 is 0 Å². The molecule has 86 valence electrons. The molecule has 4 heteroatoms. The van der Waals surface area contributed by atoms with Crippen molar-refractivity contribution >= 4 is 17.3 Å². The van der Waals surface area contributed by atoms with Crippen LogP contribution in [0.25, 0.3) is 0 Å². The molecule has 17 heavy (non-hydrogen) atoms. The molecule has 2 aromatic rings. The third-order valence-electron chi connectivity index (χ3n) is 2.37. The average molecular weight is 227 g/mol. The van der Waals surface area contributed by atoms with E-state index in [1.807, 2.05) is 30.3 Å². The van der Waals surface area contributed by atoms with Gasteiger partial charge >= 0.3 is 0 Å².